The van der Waals surface area contributed by atoms with Crippen molar-refractivity contribution in [3.8, 4) is 0 Å². The minimum Gasteiger partial charge on any atom is -0.286 e. The highest BCUT2D eigenvalue weighted by Gasteiger charge is 2.20. The third-order valence-electron chi connectivity index (χ3n) is 1.37. The Morgan fingerprint density at radius 3 is 2.21 bits per heavy atom. The zero-order chi connectivity index (χ0) is 11.2. The van der Waals surface area contributed by atoms with Crippen molar-refractivity contribution in [2.45, 2.75) is 19.0 Å². The third-order valence-corrected chi connectivity index (χ3v) is 2.13. The molecule has 0 aliphatic rings. The van der Waals surface area contributed by atoms with E-state index in [4.69, 9.17) is 15.6 Å². The molecule has 2 atom stereocenters. The Morgan fingerprint density at radius 1 is 1.36 bits per heavy atom. The van der Waals surface area contributed by atoms with Crippen LogP contribution in [0.25, 0.3) is 20.9 Å². The summed E-state index contributed by atoms with van der Waals surface area (Å²) in [5.41, 5.74) is 16.2. The summed E-state index contributed by atoms with van der Waals surface area (Å²) in [5.74, 6) is -0.767. The molecule has 0 radical (unpaired) electrons. The largest absolute Gasteiger partial charge is 0.286 e. The lowest BCUT2D eigenvalue weighted by Crippen LogP contribution is -2.27. The van der Waals surface area contributed by atoms with Gasteiger partial charge in [-0.3, -0.25) is 4.55 Å². The number of nitrogens with zero attached hydrogens (tertiary/aromatic N) is 6. The summed E-state index contributed by atoms with van der Waals surface area (Å²) in [6.07, 6.45) is 0. The average molecular weight is 220 g/mol. The first-order valence-electron chi connectivity index (χ1n) is 3.44. The fourth-order valence-corrected chi connectivity index (χ4v) is 1.49. The van der Waals surface area contributed by atoms with Crippen molar-refractivity contribution in [3.63, 3.8) is 0 Å². The van der Waals surface area contributed by atoms with E-state index < -0.39 is 28.0 Å². The first kappa shape index (κ1) is 12.5. The second-order valence-corrected chi connectivity index (χ2v) is 3.96. The minimum atomic E-state index is -4.26. The van der Waals surface area contributed by atoms with Gasteiger partial charge >= 0.3 is 0 Å². The Kier molecular flexibility index (Phi) is 4.74. The van der Waals surface area contributed by atoms with E-state index in [0.717, 1.165) is 0 Å². The van der Waals surface area contributed by atoms with Crippen LogP contribution >= 0.6 is 0 Å². The molecule has 0 saturated heterocycles. The predicted molar refractivity (Wildman–Crippen MR) is 48.0 cm³/mol. The van der Waals surface area contributed by atoms with Crippen LogP contribution in [0.15, 0.2) is 10.2 Å². The van der Waals surface area contributed by atoms with Crippen LogP contribution in [0, 0.1) is 0 Å². The summed E-state index contributed by atoms with van der Waals surface area (Å²) in [7, 11) is -4.26. The van der Waals surface area contributed by atoms with Gasteiger partial charge in [-0.25, -0.2) is 0 Å². The minimum absolute atomic E-state index is 0.767. The highest BCUT2D eigenvalue weighted by molar-refractivity contribution is 7.85. The molecule has 0 aromatic rings. The SMILES string of the molecule is CC(N=[N+]=[N-])C(CS(=O)(=O)O)N=[N+]=[N-]. The van der Waals surface area contributed by atoms with Crippen molar-refractivity contribution < 1.29 is 13.0 Å². The molecule has 14 heavy (non-hydrogen) atoms. The number of hydrogen-bond donors (Lipinski definition) is 1. The van der Waals surface area contributed by atoms with Crippen molar-refractivity contribution >= 4 is 10.1 Å². The maximum Gasteiger partial charge on any atom is 0.265 e. The Morgan fingerprint density at radius 2 is 1.86 bits per heavy atom. The van der Waals surface area contributed by atoms with Gasteiger partial charge in [-0.2, -0.15) is 8.42 Å². The van der Waals surface area contributed by atoms with Gasteiger partial charge in [0.05, 0.1) is 11.8 Å². The van der Waals surface area contributed by atoms with Gasteiger partial charge < -0.3 is 0 Å². The van der Waals surface area contributed by atoms with E-state index in [0.29, 0.717) is 0 Å². The first-order chi connectivity index (χ1) is 6.40. The standard InChI is InChI=1S/C4H8N6O3S/c1-3(7-9-5)4(8-10-6)2-14(11,12)13/h3-4H,2H2,1H3,(H,11,12,13). The lowest BCUT2D eigenvalue weighted by molar-refractivity contribution is 0.469. The maximum atomic E-state index is 10.5. The fourth-order valence-electron chi connectivity index (χ4n) is 0.710. The van der Waals surface area contributed by atoms with E-state index in [9.17, 15) is 8.42 Å². The van der Waals surface area contributed by atoms with Crippen molar-refractivity contribution in [2.75, 3.05) is 5.75 Å². The molecule has 0 spiro atoms. The van der Waals surface area contributed by atoms with Gasteiger partial charge in [0, 0.05) is 15.9 Å². The van der Waals surface area contributed by atoms with Gasteiger partial charge in [-0.05, 0) is 11.1 Å². The van der Waals surface area contributed by atoms with Crippen molar-refractivity contribution in [2.24, 2.45) is 10.2 Å². The third kappa shape index (κ3) is 5.22. The second-order valence-electron chi connectivity index (χ2n) is 2.47. The predicted octanol–water partition coefficient (Wildman–Crippen LogP) is 1.25. The molecule has 0 amide bonds. The highest BCUT2D eigenvalue weighted by Crippen LogP contribution is 2.06. The molecule has 2 unspecified atom stereocenters. The molecule has 0 fully saturated rings. The van der Waals surface area contributed by atoms with Gasteiger partial charge in [0.15, 0.2) is 0 Å². The van der Waals surface area contributed by atoms with E-state index >= 15 is 0 Å². The summed E-state index contributed by atoms with van der Waals surface area (Å²) < 4.78 is 29.4. The monoisotopic (exact) mass is 220 g/mol. The quantitative estimate of drug-likeness (QED) is 0.321. The second kappa shape index (κ2) is 5.30. The van der Waals surface area contributed by atoms with Crippen LogP contribution in [0.1, 0.15) is 6.92 Å². The molecule has 1 N–H and O–H groups in total. The number of rotatable bonds is 5. The zero-order valence-electron chi connectivity index (χ0n) is 7.22. The van der Waals surface area contributed by atoms with Gasteiger partial charge in [0.1, 0.15) is 0 Å². The Bertz CT molecular complexity index is 378. The Hall–Kier alpha value is -1.47. The molecule has 0 heterocycles. The summed E-state index contributed by atoms with van der Waals surface area (Å²) in [5, 5.41) is 6.27. The summed E-state index contributed by atoms with van der Waals surface area (Å²) in [4.78, 5) is 4.82. The van der Waals surface area contributed by atoms with E-state index in [2.05, 4.69) is 20.1 Å². The zero-order valence-corrected chi connectivity index (χ0v) is 8.03. The molecule has 0 saturated carbocycles. The molecule has 0 aromatic heterocycles. The summed E-state index contributed by atoms with van der Waals surface area (Å²) in [6, 6.07) is -1.94. The molecule has 10 heteroatoms. The molecule has 0 aliphatic carbocycles. The summed E-state index contributed by atoms with van der Waals surface area (Å²) in [6.45, 7) is 1.38. The van der Waals surface area contributed by atoms with Crippen molar-refractivity contribution in [1.82, 2.24) is 0 Å². The van der Waals surface area contributed by atoms with Crippen LogP contribution in [0.2, 0.25) is 0 Å². The fraction of sp³-hybridized carbons (Fsp3) is 1.00. The van der Waals surface area contributed by atoms with Crippen LogP contribution in [-0.2, 0) is 10.1 Å². The van der Waals surface area contributed by atoms with E-state index in [1.807, 2.05) is 0 Å². The Labute approximate surface area is 79.7 Å². The molecular formula is C4H8N6O3S. The molecular weight excluding hydrogens is 212 g/mol. The average Bonchev–Trinajstić information content (AvgIpc) is 2.01. The molecule has 78 valence electrons. The topological polar surface area (TPSA) is 152 Å². The molecule has 0 bridgehead atoms. The number of azide groups is 2. The van der Waals surface area contributed by atoms with Crippen LogP contribution in [0.3, 0.4) is 0 Å². The van der Waals surface area contributed by atoms with Crippen molar-refractivity contribution in [1.29, 1.82) is 0 Å². The van der Waals surface area contributed by atoms with Crippen LogP contribution in [0.4, 0.5) is 0 Å². The molecule has 0 rings (SSSR count). The van der Waals surface area contributed by atoms with Crippen LogP contribution in [-0.4, -0.2) is 30.8 Å². The summed E-state index contributed by atoms with van der Waals surface area (Å²) >= 11 is 0. The van der Waals surface area contributed by atoms with Gasteiger partial charge in [-0.1, -0.05) is 17.2 Å². The Balaban J connectivity index is 4.77. The normalized spacial score (nSPS) is 14.7. The molecule has 0 aromatic carbocycles. The molecule has 0 aliphatic heterocycles. The van der Waals surface area contributed by atoms with Gasteiger partial charge in [0.25, 0.3) is 10.1 Å². The van der Waals surface area contributed by atoms with Gasteiger partial charge in [0.2, 0.25) is 0 Å². The smallest absolute Gasteiger partial charge is 0.265 e. The van der Waals surface area contributed by atoms with Crippen LogP contribution in [0.5, 0.6) is 0 Å². The molecule has 9 nitrogen and oxygen atoms in total. The van der Waals surface area contributed by atoms with Gasteiger partial charge in [-0.15, -0.1) is 0 Å². The van der Waals surface area contributed by atoms with E-state index in [-0.39, 0.29) is 0 Å². The highest BCUT2D eigenvalue weighted by atomic mass is 32.2. The lowest BCUT2D eigenvalue weighted by Gasteiger charge is -2.11. The van der Waals surface area contributed by atoms with Crippen LogP contribution < -0.4 is 0 Å². The van der Waals surface area contributed by atoms with Crippen molar-refractivity contribution in [3.05, 3.63) is 20.9 Å². The van der Waals surface area contributed by atoms with E-state index in [1.165, 1.54) is 6.92 Å². The first-order valence-corrected chi connectivity index (χ1v) is 5.05. The van der Waals surface area contributed by atoms with E-state index in [1.54, 1.807) is 0 Å². The lowest BCUT2D eigenvalue weighted by atomic mass is 10.2. The maximum absolute atomic E-state index is 10.5. The number of hydrogen-bond acceptors (Lipinski definition) is 4.